The second kappa shape index (κ2) is 10.3. The number of hydrogen-bond acceptors (Lipinski definition) is 5. The van der Waals surface area contributed by atoms with Gasteiger partial charge >= 0.3 is 0 Å². The van der Waals surface area contributed by atoms with Crippen LogP contribution >= 0.6 is 0 Å². The zero-order valence-electron chi connectivity index (χ0n) is 18.7. The molecule has 164 valence electrons. The van der Waals surface area contributed by atoms with E-state index in [9.17, 15) is 10.1 Å². The Labute approximate surface area is 187 Å². The van der Waals surface area contributed by atoms with Gasteiger partial charge in [0.2, 0.25) is 0 Å². The van der Waals surface area contributed by atoms with Crippen molar-refractivity contribution in [1.29, 1.82) is 5.26 Å². The molecule has 0 aliphatic heterocycles. The highest BCUT2D eigenvalue weighted by molar-refractivity contribution is 6.01. The summed E-state index contributed by atoms with van der Waals surface area (Å²) in [6, 6.07) is 17.4. The molecule has 0 saturated carbocycles. The van der Waals surface area contributed by atoms with Crippen molar-refractivity contribution in [2.45, 2.75) is 20.3 Å². The molecule has 0 spiro atoms. The molecule has 0 saturated heterocycles. The molecule has 1 N–H and O–H groups in total. The number of aryl methyl sites for hydroxylation is 1. The topological polar surface area (TPSA) is 89.2 Å². The van der Waals surface area contributed by atoms with E-state index in [4.69, 9.17) is 9.47 Å². The van der Waals surface area contributed by atoms with Crippen LogP contribution in [0.2, 0.25) is 0 Å². The number of aromatic nitrogens is 2. The normalized spacial score (nSPS) is 11.0. The lowest BCUT2D eigenvalue weighted by Crippen LogP contribution is -2.26. The first kappa shape index (κ1) is 22.6. The zero-order valence-corrected chi connectivity index (χ0v) is 18.7. The number of para-hydroxylation sites is 1. The Balaban J connectivity index is 1.72. The molecule has 0 unspecified atom stereocenters. The van der Waals surface area contributed by atoms with Crippen LogP contribution in [0.15, 0.2) is 54.1 Å². The third kappa shape index (κ3) is 4.98. The second-order valence-corrected chi connectivity index (χ2v) is 7.20. The number of carbonyl (C=O) groups is 1. The lowest BCUT2D eigenvalue weighted by Gasteiger charge is -2.10. The van der Waals surface area contributed by atoms with Crippen LogP contribution in [0.5, 0.6) is 11.5 Å². The number of amides is 1. The Morgan fingerprint density at radius 3 is 2.50 bits per heavy atom. The Morgan fingerprint density at radius 2 is 1.84 bits per heavy atom. The maximum Gasteiger partial charge on any atom is 0.261 e. The van der Waals surface area contributed by atoms with Crippen molar-refractivity contribution in [3.63, 3.8) is 0 Å². The van der Waals surface area contributed by atoms with Gasteiger partial charge in [0.05, 0.1) is 25.6 Å². The molecule has 7 nitrogen and oxygen atoms in total. The fourth-order valence-corrected chi connectivity index (χ4v) is 3.43. The molecule has 7 heteroatoms. The predicted molar refractivity (Wildman–Crippen MR) is 123 cm³/mol. The van der Waals surface area contributed by atoms with E-state index in [1.54, 1.807) is 20.3 Å². The van der Waals surface area contributed by atoms with Gasteiger partial charge in [-0.1, -0.05) is 24.3 Å². The molecule has 2 aromatic carbocycles. The molecule has 0 fully saturated rings. The Hall–Kier alpha value is -4.05. The molecule has 1 aromatic heterocycles. The number of nitriles is 1. The maximum atomic E-state index is 12.6. The van der Waals surface area contributed by atoms with Gasteiger partial charge in [-0.3, -0.25) is 4.79 Å². The molecule has 0 radical (unpaired) electrons. The average Bonchev–Trinajstić information content (AvgIpc) is 3.10. The van der Waals surface area contributed by atoms with Gasteiger partial charge in [0, 0.05) is 17.8 Å². The minimum atomic E-state index is -0.417. The van der Waals surface area contributed by atoms with Crippen molar-refractivity contribution in [3.8, 4) is 23.3 Å². The van der Waals surface area contributed by atoms with Crippen LogP contribution in [0.4, 0.5) is 0 Å². The van der Waals surface area contributed by atoms with Crippen molar-refractivity contribution < 1.29 is 14.3 Å². The summed E-state index contributed by atoms with van der Waals surface area (Å²) in [5.41, 5.74) is 4.32. The molecule has 0 atom stereocenters. The number of ether oxygens (including phenoxy) is 2. The van der Waals surface area contributed by atoms with E-state index in [1.165, 1.54) is 0 Å². The minimum absolute atomic E-state index is 0.0381. The highest BCUT2D eigenvalue weighted by Gasteiger charge is 2.15. The molecular weight excluding hydrogens is 404 g/mol. The average molecular weight is 431 g/mol. The summed E-state index contributed by atoms with van der Waals surface area (Å²) in [6.07, 6.45) is 2.19. The summed E-state index contributed by atoms with van der Waals surface area (Å²) < 4.78 is 12.4. The van der Waals surface area contributed by atoms with Crippen LogP contribution in [-0.4, -0.2) is 36.5 Å². The first-order valence-electron chi connectivity index (χ1n) is 10.2. The molecule has 32 heavy (non-hydrogen) atoms. The van der Waals surface area contributed by atoms with E-state index in [0.717, 1.165) is 28.2 Å². The lowest BCUT2D eigenvalue weighted by molar-refractivity contribution is -0.117. The van der Waals surface area contributed by atoms with Gasteiger partial charge in [0.1, 0.15) is 11.6 Å². The van der Waals surface area contributed by atoms with Crippen LogP contribution in [0.25, 0.3) is 11.8 Å². The standard InChI is InChI=1S/C25H26N4O3/c1-17-22(18(2)29(28-17)21-8-6-5-7-9-21)15-20(16-26)25(30)27-13-12-19-10-11-23(31-3)24(14-19)32-4/h5-11,14-15H,12-13H2,1-4H3,(H,27,30)/b20-15+. The molecular formula is C25H26N4O3. The van der Waals surface area contributed by atoms with Crippen molar-refractivity contribution in [3.05, 3.63) is 76.6 Å². The van der Waals surface area contributed by atoms with Crippen molar-refractivity contribution in [2.24, 2.45) is 0 Å². The van der Waals surface area contributed by atoms with Gasteiger partial charge < -0.3 is 14.8 Å². The first-order chi connectivity index (χ1) is 15.5. The van der Waals surface area contributed by atoms with Crippen LogP contribution in [0, 0.1) is 25.2 Å². The Morgan fingerprint density at radius 1 is 1.12 bits per heavy atom. The van der Waals surface area contributed by atoms with Gasteiger partial charge in [-0.25, -0.2) is 4.68 Å². The largest absolute Gasteiger partial charge is 0.493 e. The summed E-state index contributed by atoms with van der Waals surface area (Å²) in [4.78, 5) is 12.6. The van der Waals surface area contributed by atoms with E-state index in [0.29, 0.717) is 24.5 Å². The monoisotopic (exact) mass is 430 g/mol. The summed E-state index contributed by atoms with van der Waals surface area (Å²) in [5.74, 6) is 0.867. The van der Waals surface area contributed by atoms with E-state index < -0.39 is 5.91 Å². The van der Waals surface area contributed by atoms with Gasteiger partial charge in [-0.05, 0) is 56.2 Å². The Bertz CT molecular complexity index is 1170. The van der Waals surface area contributed by atoms with E-state index in [-0.39, 0.29) is 5.57 Å². The Kier molecular flexibility index (Phi) is 7.29. The third-order valence-electron chi connectivity index (χ3n) is 5.15. The zero-order chi connectivity index (χ0) is 23.1. The van der Waals surface area contributed by atoms with E-state index in [2.05, 4.69) is 10.4 Å². The molecule has 0 aliphatic carbocycles. The van der Waals surface area contributed by atoms with Crippen molar-refractivity contribution >= 4 is 12.0 Å². The van der Waals surface area contributed by atoms with Crippen LogP contribution in [-0.2, 0) is 11.2 Å². The summed E-state index contributed by atoms with van der Waals surface area (Å²) in [7, 11) is 3.16. The van der Waals surface area contributed by atoms with E-state index in [1.807, 2.05) is 73.1 Å². The predicted octanol–water partition coefficient (Wildman–Crippen LogP) is 3.77. The molecule has 0 bridgehead atoms. The number of nitrogens with zero attached hydrogens (tertiary/aromatic N) is 3. The number of carbonyl (C=O) groups excluding carboxylic acids is 1. The number of benzene rings is 2. The maximum absolute atomic E-state index is 12.6. The first-order valence-corrected chi connectivity index (χ1v) is 10.2. The highest BCUT2D eigenvalue weighted by atomic mass is 16.5. The fourth-order valence-electron chi connectivity index (χ4n) is 3.43. The molecule has 1 heterocycles. The van der Waals surface area contributed by atoms with Gasteiger partial charge in [-0.2, -0.15) is 10.4 Å². The summed E-state index contributed by atoms with van der Waals surface area (Å²) in [5, 5.41) is 17.0. The van der Waals surface area contributed by atoms with Crippen LogP contribution < -0.4 is 14.8 Å². The number of hydrogen-bond donors (Lipinski definition) is 1. The number of methoxy groups -OCH3 is 2. The van der Waals surface area contributed by atoms with Gasteiger partial charge in [0.25, 0.3) is 5.91 Å². The molecule has 1 amide bonds. The summed E-state index contributed by atoms with van der Waals surface area (Å²) in [6.45, 7) is 4.17. The van der Waals surface area contributed by atoms with Gasteiger partial charge in [-0.15, -0.1) is 0 Å². The quantitative estimate of drug-likeness (QED) is 0.434. The third-order valence-corrected chi connectivity index (χ3v) is 5.15. The SMILES string of the molecule is COc1ccc(CCNC(=O)/C(C#N)=C/c2c(C)nn(-c3ccccc3)c2C)cc1OC. The summed E-state index contributed by atoms with van der Waals surface area (Å²) >= 11 is 0. The minimum Gasteiger partial charge on any atom is -0.493 e. The van der Waals surface area contributed by atoms with Crippen LogP contribution in [0.1, 0.15) is 22.5 Å². The molecule has 3 rings (SSSR count). The van der Waals surface area contributed by atoms with Crippen LogP contribution in [0.3, 0.4) is 0 Å². The number of rotatable bonds is 8. The smallest absolute Gasteiger partial charge is 0.261 e. The number of nitrogens with one attached hydrogen (secondary N) is 1. The fraction of sp³-hybridized carbons (Fsp3) is 0.240. The lowest BCUT2D eigenvalue weighted by atomic mass is 10.1. The van der Waals surface area contributed by atoms with Crippen molar-refractivity contribution in [1.82, 2.24) is 15.1 Å². The second-order valence-electron chi connectivity index (χ2n) is 7.20. The highest BCUT2D eigenvalue weighted by Crippen LogP contribution is 2.27. The molecule has 3 aromatic rings. The van der Waals surface area contributed by atoms with E-state index >= 15 is 0 Å². The van der Waals surface area contributed by atoms with Crippen molar-refractivity contribution in [2.75, 3.05) is 20.8 Å². The van der Waals surface area contributed by atoms with Gasteiger partial charge in [0.15, 0.2) is 11.5 Å². The molecule has 0 aliphatic rings.